The highest BCUT2D eigenvalue weighted by Gasteiger charge is 2.05. The Kier molecular flexibility index (Phi) is 3.49. The van der Waals surface area contributed by atoms with Gasteiger partial charge in [-0.15, -0.1) is 0 Å². The summed E-state index contributed by atoms with van der Waals surface area (Å²) < 4.78 is 1.14. The van der Waals surface area contributed by atoms with Crippen molar-refractivity contribution < 1.29 is 0 Å². The topological polar surface area (TPSA) is 86.5 Å². The summed E-state index contributed by atoms with van der Waals surface area (Å²) in [5, 5.41) is 4.34. The fourth-order valence-electron chi connectivity index (χ4n) is 2.55. The number of hydrogen-bond acceptors (Lipinski definition) is 4. The van der Waals surface area contributed by atoms with E-state index < -0.39 is 0 Å². The van der Waals surface area contributed by atoms with Crippen LogP contribution in [0.3, 0.4) is 0 Å². The Morgan fingerprint density at radius 3 is 2.83 bits per heavy atom. The normalized spacial score (nSPS) is 11.2. The van der Waals surface area contributed by atoms with Gasteiger partial charge in [0.05, 0.1) is 16.6 Å². The lowest BCUT2D eigenvalue weighted by atomic mass is 10.2. The summed E-state index contributed by atoms with van der Waals surface area (Å²) in [6, 6.07) is 11.9. The molecule has 114 valence electrons. The Balaban J connectivity index is 1.65. The first-order chi connectivity index (χ1) is 11.2. The first-order valence-corrected chi connectivity index (χ1v) is 8.12. The van der Waals surface area contributed by atoms with Crippen molar-refractivity contribution in [3.63, 3.8) is 0 Å². The number of hydrogen-bond donors (Lipinski definition) is 3. The molecule has 0 unspecified atom stereocenters. The number of aromatic amines is 2. The van der Waals surface area contributed by atoms with Gasteiger partial charge in [-0.1, -0.05) is 6.07 Å². The second-order valence-electron chi connectivity index (χ2n) is 5.20. The van der Waals surface area contributed by atoms with Gasteiger partial charge in [-0.2, -0.15) is 0 Å². The van der Waals surface area contributed by atoms with E-state index in [4.69, 9.17) is 0 Å². The SMILES string of the molecule is O=c1[nH]c2ccc(CNc3ncnc4ccc(I)cc34)cc2[nH]1. The van der Waals surface area contributed by atoms with Gasteiger partial charge in [-0.25, -0.2) is 14.8 Å². The first kappa shape index (κ1) is 14.2. The van der Waals surface area contributed by atoms with E-state index in [2.05, 4.69) is 53.9 Å². The molecule has 0 aliphatic rings. The van der Waals surface area contributed by atoms with Crippen molar-refractivity contribution in [3.8, 4) is 0 Å². The van der Waals surface area contributed by atoms with E-state index in [0.29, 0.717) is 6.54 Å². The molecule has 0 spiro atoms. The van der Waals surface area contributed by atoms with E-state index in [-0.39, 0.29) is 5.69 Å². The number of anilines is 1. The third kappa shape index (κ3) is 2.79. The van der Waals surface area contributed by atoms with E-state index in [1.54, 1.807) is 6.33 Å². The standard InChI is InChI=1S/C16H12IN5O/c17-10-2-4-12-11(6-10)15(20-8-19-12)18-7-9-1-3-13-14(5-9)22-16(23)21-13/h1-6,8H,7H2,(H,18,19,20)(H2,21,22,23). The number of imidazole rings is 1. The number of nitrogens with zero attached hydrogens (tertiary/aromatic N) is 2. The van der Waals surface area contributed by atoms with E-state index >= 15 is 0 Å². The summed E-state index contributed by atoms with van der Waals surface area (Å²) in [4.78, 5) is 25.4. The zero-order valence-corrected chi connectivity index (χ0v) is 14.1. The average molecular weight is 417 g/mol. The van der Waals surface area contributed by atoms with Crippen LogP contribution in [0.4, 0.5) is 5.82 Å². The summed E-state index contributed by atoms with van der Waals surface area (Å²) in [7, 11) is 0. The Hall–Kier alpha value is -2.42. The highest BCUT2D eigenvalue weighted by molar-refractivity contribution is 14.1. The van der Waals surface area contributed by atoms with Gasteiger partial charge < -0.3 is 15.3 Å². The molecule has 0 aliphatic heterocycles. The quantitative estimate of drug-likeness (QED) is 0.448. The Labute approximate surface area is 144 Å². The maximum atomic E-state index is 11.3. The number of nitrogens with one attached hydrogen (secondary N) is 3. The van der Waals surface area contributed by atoms with Crippen LogP contribution in [0.25, 0.3) is 21.9 Å². The first-order valence-electron chi connectivity index (χ1n) is 7.04. The lowest BCUT2D eigenvalue weighted by Gasteiger charge is -2.08. The predicted molar refractivity (Wildman–Crippen MR) is 98.5 cm³/mol. The number of fused-ring (bicyclic) bond motifs is 2. The van der Waals surface area contributed by atoms with Gasteiger partial charge in [0.1, 0.15) is 12.1 Å². The van der Waals surface area contributed by atoms with Crippen molar-refractivity contribution in [2.24, 2.45) is 0 Å². The zero-order valence-electron chi connectivity index (χ0n) is 11.9. The summed E-state index contributed by atoms with van der Waals surface area (Å²) >= 11 is 2.28. The molecule has 0 atom stereocenters. The summed E-state index contributed by atoms with van der Waals surface area (Å²) in [5.41, 5.74) is 3.39. The maximum absolute atomic E-state index is 11.3. The second-order valence-corrected chi connectivity index (χ2v) is 6.44. The van der Waals surface area contributed by atoms with Gasteiger partial charge >= 0.3 is 5.69 Å². The minimum atomic E-state index is -0.193. The minimum Gasteiger partial charge on any atom is -0.365 e. The zero-order chi connectivity index (χ0) is 15.8. The van der Waals surface area contributed by atoms with Crippen LogP contribution in [-0.2, 0) is 6.54 Å². The molecule has 4 aromatic rings. The molecule has 0 radical (unpaired) electrons. The summed E-state index contributed by atoms with van der Waals surface area (Å²) in [6.45, 7) is 0.612. The van der Waals surface area contributed by atoms with Gasteiger partial charge in [0.15, 0.2) is 0 Å². The van der Waals surface area contributed by atoms with Crippen LogP contribution in [0.1, 0.15) is 5.56 Å². The van der Waals surface area contributed by atoms with Gasteiger partial charge in [0.2, 0.25) is 0 Å². The molecule has 3 N–H and O–H groups in total. The Morgan fingerprint density at radius 1 is 1.04 bits per heavy atom. The van der Waals surface area contributed by atoms with Crippen molar-refractivity contribution in [3.05, 3.63) is 62.3 Å². The lowest BCUT2D eigenvalue weighted by Crippen LogP contribution is -2.02. The van der Waals surface area contributed by atoms with Crippen LogP contribution < -0.4 is 11.0 Å². The maximum Gasteiger partial charge on any atom is 0.323 e. The second kappa shape index (κ2) is 5.65. The van der Waals surface area contributed by atoms with Crippen LogP contribution in [0.5, 0.6) is 0 Å². The molecule has 0 aliphatic carbocycles. The van der Waals surface area contributed by atoms with E-state index in [0.717, 1.165) is 36.9 Å². The fourth-order valence-corrected chi connectivity index (χ4v) is 3.04. The summed E-state index contributed by atoms with van der Waals surface area (Å²) in [5.74, 6) is 0.802. The molecule has 6 nitrogen and oxygen atoms in total. The molecule has 7 heteroatoms. The average Bonchev–Trinajstić information content (AvgIpc) is 2.92. The summed E-state index contributed by atoms with van der Waals surface area (Å²) in [6.07, 6.45) is 1.56. The molecule has 0 saturated heterocycles. The van der Waals surface area contributed by atoms with E-state index in [1.165, 1.54) is 0 Å². The Bertz CT molecular complexity index is 1070. The Morgan fingerprint density at radius 2 is 1.91 bits per heavy atom. The molecule has 4 rings (SSSR count). The highest BCUT2D eigenvalue weighted by atomic mass is 127. The van der Waals surface area contributed by atoms with Crippen molar-refractivity contribution in [1.29, 1.82) is 0 Å². The number of rotatable bonds is 3. The largest absolute Gasteiger partial charge is 0.365 e. The molecule has 0 fully saturated rings. The molecule has 0 amide bonds. The molecule has 2 aromatic carbocycles. The fraction of sp³-hybridized carbons (Fsp3) is 0.0625. The number of halogens is 1. The van der Waals surface area contributed by atoms with Crippen molar-refractivity contribution in [1.82, 2.24) is 19.9 Å². The molecule has 2 aromatic heterocycles. The van der Waals surface area contributed by atoms with Gasteiger partial charge in [0, 0.05) is 15.5 Å². The van der Waals surface area contributed by atoms with Crippen LogP contribution in [0.2, 0.25) is 0 Å². The minimum absolute atomic E-state index is 0.193. The molecular formula is C16H12IN5O. The molecule has 2 heterocycles. The van der Waals surface area contributed by atoms with Crippen molar-refractivity contribution in [2.45, 2.75) is 6.54 Å². The van der Waals surface area contributed by atoms with Crippen LogP contribution in [0.15, 0.2) is 47.5 Å². The number of aromatic nitrogens is 4. The van der Waals surface area contributed by atoms with E-state index in [1.807, 2.05) is 30.3 Å². The molecule has 0 saturated carbocycles. The van der Waals surface area contributed by atoms with Crippen LogP contribution >= 0.6 is 22.6 Å². The smallest absolute Gasteiger partial charge is 0.323 e. The third-order valence-electron chi connectivity index (χ3n) is 3.64. The van der Waals surface area contributed by atoms with Crippen molar-refractivity contribution in [2.75, 3.05) is 5.32 Å². The predicted octanol–water partition coefficient (Wildman–Crippen LogP) is 3.02. The number of H-pyrrole nitrogens is 2. The third-order valence-corrected chi connectivity index (χ3v) is 4.31. The van der Waals surface area contributed by atoms with Crippen LogP contribution in [-0.4, -0.2) is 19.9 Å². The number of benzene rings is 2. The monoisotopic (exact) mass is 417 g/mol. The van der Waals surface area contributed by atoms with E-state index in [9.17, 15) is 4.79 Å². The van der Waals surface area contributed by atoms with Crippen molar-refractivity contribution >= 4 is 50.3 Å². The molecule has 23 heavy (non-hydrogen) atoms. The van der Waals surface area contributed by atoms with Gasteiger partial charge in [-0.05, 0) is 58.5 Å². The van der Waals surface area contributed by atoms with Gasteiger partial charge in [0.25, 0.3) is 0 Å². The lowest BCUT2D eigenvalue weighted by molar-refractivity contribution is 1.10. The van der Waals surface area contributed by atoms with Crippen LogP contribution in [0, 0.1) is 3.57 Å². The molecular weight excluding hydrogens is 405 g/mol. The molecule has 0 bridgehead atoms. The van der Waals surface area contributed by atoms with Gasteiger partial charge in [-0.3, -0.25) is 0 Å². The highest BCUT2D eigenvalue weighted by Crippen LogP contribution is 2.22.